The van der Waals surface area contributed by atoms with Crippen LogP contribution in [-0.4, -0.2) is 6.10 Å². The number of benzene rings is 2. The van der Waals surface area contributed by atoms with Crippen LogP contribution in [-0.2, 0) is 0 Å². The molecule has 0 amide bonds. The van der Waals surface area contributed by atoms with Gasteiger partial charge in [-0.2, -0.15) is 0 Å². The first-order valence-electron chi connectivity index (χ1n) is 5.47. The minimum absolute atomic E-state index is 0.248. The smallest absolute Gasteiger partial charge is 0.128 e. The normalized spacial score (nSPS) is 12.7. The summed E-state index contributed by atoms with van der Waals surface area (Å²) >= 11 is 2.32. The Bertz CT molecular complexity index is 493. The van der Waals surface area contributed by atoms with Crippen molar-refractivity contribution in [3.63, 3.8) is 0 Å². The fourth-order valence-corrected chi connectivity index (χ4v) is 2.01. The lowest BCUT2D eigenvalue weighted by Crippen LogP contribution is -2.09. The molecule has 0 heterocycles. The minimum atomic E-state index is 0.248. The van der Waals surface area contributed by atoms with Crippen molar-refractivity contribution in [2.75, 3.05) is 0 Å². The molecule has 0 aliphatic heterocycles. The predicted molar refractivity (Wildman–Crippen MR) is 75.9 cm³/mol. The van der Waals surface area contributed by atoms with Crippen LogP contribution in [0, 0.1) is 9.64 Å². The second-order valence-electron chi connectivity index (χ2n) is 3.89. The number of fused-ring (bicyclic) bond motifs is 1. The maximum Gasteiger partial charge on any atom is 0.128 e. The Balaban J connectivity index is 2.33. The average molecular weight is 325 g/mol. The fraction of sp³-hybridized carbons (Fsp3) is 0.286. The van der Waals surface area contributed by atoms with E-state index in [2.05, 4.69) is 66.8 Å². The van der Waals surface area contributed by atoms with Gasteiger partial charge in [0.1, 0.15) is 5.75 Å². The number of hydrogen-bond acceptors (Lipinski definition) is 1. The van der Waals surface area contributed by atoms with Crippen molar-refractivity contribution in [3.05, 3.63) is 40.0 Å². The molecule has 0 aromatic heterocycles. The van der Waals surface area contributed by atoms with E-state index >= 15 is 0 Å². The highest BCUT2D eigenvalue weighted by Gasteiger charge is 2.02. The predicted octanol–water partition coefficient (Wildman–Crippen LogP) is 4.42. The highest BCUT2D eigenvalue weighted by molar-refractivity contribution is 14.1. The third kappa shape index (κ3) is 2.67. The quantitative estimate of drug-likeness (QED) is 0.759. The van der Waals surface area contributed by atoms with Crippen LogP contribution in [0.15, 0.2) is 30.3 Å². The van der Waals surface area contributed by atoms with E-state index in [9.17, 15) is 0 Å². The van der Waals surface area contributed by atoms with E-state index in [0.29, 0.717) is 0 Å². The van der Waals surface area contributed by atoms with Gasteiger partial charge in [-0.05, 0) is 64.9 Å². The molecule has 1 nitrogen and oxygen atoms in total. The Morgan fingerprint density at radius 1 is 1.31 bits per heavy atom. The molecule has 1 radical (unpaired) electrons. The van der Waals surface area contributed by atoms with E-state index in [1.807, 2.05) is 6.07 Å². The van der Waals surface area contributed by atoms with Crippen LogP contribution in [0.4, 0.5) is 0 Å². The molecule has 0 spiro atoms. The van der Waals surface area contributed by atoms with Gasteiger partial charge in [-0.15, -0.1) is 0 Å². The van der Waals surface area contributed by atoms with Crippen molar-refractivity contribution >= 4 is 33.4 Å². The lowest BCUT2D eigenvalue weighted by molar-refractivity contribution is 0.217. The van der Waals surface area contributed by atoms with E-state index in [1.54, 1.807) is 0 Å². The number of halogens is 1. The third-order valence-electron chi connectivity index (χ3n) is 2.59. The van der Waals surface area contributed by atoms with Crippen molar-refractivity contribution in [3.8, 4) is 5.75 Å². The molecule has 2 aromatic carbocycles. The van der Waals surface area contributed by atoms with Gasteiger partial charge in [-0.1, -0.05) is 19.1 Å². The molecule has 0 aliphatic rings. The van der Waals surface area contributed by atoms with Gasteiger partial charge in [0, 0.05) is 9.64 Å². The molecule has 2 heteroatoms. The van der Waals surface area contributed by atoms with Crippen LogP contribution in [0.25, 0.3) is 10.8 Å². The lowest BCUT2D eigenvalue weighted by Gasteiger charge is -2.12. The highest BCUT2D eigenvalue weighted by Crippen LogP contribution is 2.22. The first kappa shape index (κ1) is 11.7. The summed E-state index contributed by atoms with van der Waals surface area (Å²) in [6, 6.07) is 13.7. The van der Waals surface area contributed by atoms with E-state index in [1.165, 1.54) is 8.96 Å². The monoisotopic (exact) mass is 325 g/mol. The molecule has 0 saturated carbocycles. The van der Waals surface area contributed by atoms with Crippen LogP contribution in [0.1, 0.15) is 20.3 Å². The second-order valence-corrected chi connectivity index (χ2v) is 5.14. The molecule has 1 unspecified atom stereocenters. The van der Waals surface area contributed by atoms with Crippen molar-refractivity contribution in [1.82, 2.24) is 0 Å². The molecule has 0 bridgehead atoms. The maximum absolute atomic E-state index is 5.74. The summed E-state index contributed by atoms with van der Waals surface area (Å²) < 4.78 is 6.99. The molecule has 16 heavy (non-hydrogen) atoms. The van der Waals surface area contributed by atoms with Gasteiger partial charge < -0.3 is 4.74 Å². The zero-order chi connectivity index (χ0) is 11.5. The van der Waals surface area contributed by atoms with Crippen molar-refractivity contribution in [2.45, 2.75) is 26.4 Å². The van der Waals surface area contributed by atoms with E-state index < -0.39 is 0 Å². The Morgan fingerprint density at radius 3 is 2.88 bits per heavy atom. The molecule has 83 valence electrons. The van der Waals surface area contributed by atoms with Crippen LogP contribution in [0.5, 0.6) is 5.75 Å². The fourth-order valence-electron chi connectivity index (χ4n) is 1.49. The molecule has 2 aromatic rings. The van der Waals surface area contributed by atoms with Crippen LogP contribution >= 0.6 is 22.6 Å². The van der Waals surface area contributed by atoms with Gasteiger partial charge in [0.25, 0.3) is 0 Å². The Hall–Kier alpha value is -0.770. The molecule has 1 atom stereocenters. The second kappa shape index (κ2) is 5.04. The molecular weight excluding hydrogens is 311 g/mol. The van der Waals surface area contributed by atoms with E-state index in [-0.39, 0.29) is 6.10 Å². The summed E-state index contributed by atoms with van der Waals surface area (Å²) in [6.45, 7) is 4.19. The van der Waals surface area contributed by atoms with Crippen LogP contribution in [0.3, 0.4) is 0 Å². The van der Waals surface area contributed by atoms with Crippen molar-refractivity contribution < 1.29 is 4.74 Å². The Morgan fingerprint density at radius 2 is 2.12 bits per heavy atom. The minimum Gasteiger partial charge on any atom is -0.490 e. The first-order valence-corrected chi connectivity index (χ1v) is 6.55. The Labute approximate surface area is 110 Å². The van der Waals surface area contributed by atoms with Crippen molar-refractivity contribution in [1.29, 1.82) is 0 Å². The zero-order valence-electron chi connectivity index (χ0n) is 9.46. The van der Waals surface area contributed by atoms with Gasteiger partial charge in [-0.3, -0.25) is 0 Å². The SMILES string of the molecule is CCC(C)Oc1[c]c2ccc(I)cc2cc1. The molecule has 0 N–H and O–H groups in total. The van der Waals surface area contributed by atoms with Crippen LogP contribution < -0.4 is 4.74 Å². The van der Waals surface area contributed by atoms with Gasteiger partial charge in [0.15, 0.2) is 0 Å². The molecule has 0 saturated heterocycles. The van der Waals surface area contributed by atoms with Crippen molar-refractivity contribution in [2.24, 2.45) is 0 Å². The highest BCUT2D eigenvalue weighted by atomic mass is 127. The van der Waals surface area contributed by atoms with Gasteiger partial charge in [-0.25, -0.2) is 0 Å². The van der Waals surface area contributed by atoms with E-state index in [0.717, 1.165) is 17.6 Å². The summed E-state index contributed by atoms with van der Waals surface area (Å²) in [5, 5.41) is 2.32. The topological polar surface area (TPSA) is 9.23 Å². The van der Waals surface area contributed by atoms with Gasteiger partial charge in [0.2, 0.25) is 0 Å². The summed E-state index contributed by atoms with van der Waals surface area (Å²) in [5.41, 5.74) is 0. The Kier molecular flexibility index (Phi) is 3.69. The summed E-state index contributed by atoms with van der Waals surface area (Å²) in [5.74, 6) is 0.836. The maximum atomic E-state index is 5.74. The lowest BCUT2D eigenvalue weighted by atomic mass is 10.1. The average Bonchev–Trinajstić information content (AvgIpc) is 2.29. The number of ether oxygens (including phenoxy) is 1. The number of hydrogen-bond donors (Lipinski definition) is 0. The summed E-state index contributed by atoms with van der Waals surface area (Å²) in [6.07, 6.45) is 1.26. The molecular formula is C14H14IO. The van der Waals surface area contributed by atoms with Gasteiger partial charge >= 0.3 is 0 Å². The largest absolute Gasteiger partial charge is 0.490 e. The van der Waals surface area contributed by atoms with E-state index in [4.69, 9.17) is 4.74 Å². The summed E-state index contributed by atoms with van der Waals surface area (Å²) in [4.78, 5) is 0. The first-order chi connectivity index (χ1) is 7.69. The summed E-state index contributed by atoms with van der Waals surface area (Å²) in [7, 11) is 0. The molecule has 2 rings (SSSR count). The zero-order valence-corrected chi connectivity index (χ0v) is 11.6. The van der Waals surface area contributed by atoms with Crippen LogP contribution in [0.2, 0.25) is 0 Å². The number of rotatable bonds is 3. The van der Waals surface area contributed by atoms with Gasteiger partial charge in [0.05, 0.1) is 6.10 Å². The third-order valence-corrected chi connectivity index (χ3v) is 3.26. The molecule has 0 aliphatic carbocycles. The molecule has 0 fully saturated rings. The standard InChI is InChI=1S/C14H14IO/c1-3-10(2)16-14-7-5-11-8-13(15)6-4-12(11)9-14/h4-8,10H,3H2,1-2H3.